The van der Waals surface area contributed by atoms with Gasteiger partial charge in [-0.25, -0.2) is 0 Å². The van der Waals surface area contributed by atoms with Crippen LogP contribution in [-0.2, 0) is 6.42 Å². The maximum atomic E-state index is 8.87. The zero-order chi connectivity index (χ0) is 12.8. The fourth-order valence-corrected chi connectivity index (χ4v) is 3.57. The van der Waals surface area contributed by atoms with Gasteiger partial charge in [0.15, 0.2) is 0 Å². The van der Waals surface area contributed by atoms with E-state index in [1.54, 1.807) is 0 Å². The Morgan fingerprint density at radius 2 is 2.33 bits per heavy atom. The van der Waals surface area contributed by atoms with Crippen LogP contribution in [0.1, 0.15) is 31.7 Å². The SMILES string of the molecule is CC1SCCCC1Nc1cccc(CCCO)c1. The average Bonchev–Trinajstić information content (AvgIpc) is 2.40. The van der Waals surface area contributed by atoms with Gasteiger partial charge in [-0.3, -0.25) is 0 Å². The molecule has 2 atom stereocenters. The summed E-state index contributed by atoms with van der Waals surface area (Å²) in [6, 6.07) is 9.21. The van der Waals surface area contributed by atoms with Gasteiger partial charge < -0.3 is 10.4 Å². The predicted molar refractivity (Wildman–Crippen MR) is 80.4 cm³/mol. The number of hydrogen-bond acceptors (Lipinski definition) is 3. The molecule has 0 amide bonds. The van der Waals surface area contributed by atoms with Gasteiger partial charge in [-0.2, -0.15) is 11.8 Å². The minimum absolute atomic E-state index is 0.272. The van der Waals surface area contributed by atoms with E-state index in [1.807, 2.05) is 0 Å². The second-order valence-corrected chi connectivity index (χ2v) is 6.48. The molecule has 0 aliphatic carbocycles. The highest BCUT2D eigenvalue weighted by Gasteiger charge is 2.21. The monoisotopic (exact) mass is 265 g/mol. The molecule has 1 aliphatic heterocycles. The van der Waals surface area contributed by atoms with Crippen LogP contribution in [0.2, 0.25) is 0 Å². The Morgan fingerprint density at radius 3 is 3.11 bits per heavy atom. The lowest BCUT2D eigenvalue weighted by Crippen LogP contribution is -2.32. The van der Waals surface area contributed by atoms with Crippen LogP contribution < -0.4 is 5.32 Å². The molecule has 1 aromatic rings. The van der Waals surface area contributed by atoms with Gasteiger partial charge in [0.2, 0.25) is 0 Å². The van der Waals surface area contributed by atoms with Gasteiger partial charge in [0.25, 0.3) is 0 Å². The van der Waals surface area contributed by atoms with Gasteiger partial charge in [0.1, 0.15) is 0 Å². The number of rotatable bonds is 5. The van der Waals surface area contributed by atoms with Crippen LogP contribution in [0.15, 0.2) is 24.3 Å². The summed E-state index contributed by atoms with van der Waals surface area (Å²) < 4.78 is 0. The van der Waals surface area contributed by atoms with E-state index in [9.17, 15) is 0 Å². The molecule has 2 nitrogen and oxygen atoms in total. The fraction of sp³-hybridized carbons (Fsp3) is 0.600. The Hall–Kier alpha value is -0.670. The second kappa shape index (κ2) is 7.05. The van der Waals surface area contributed by atoms with Crippen LogP contribution in [0.4, 0.5) is 5.69 Å². The third-order valence-corrected chi connectivity index (χ3v) is 4.89. The first-order valence-electron chi connectivity index (χ1n) is 6.87. The Labute approximate surface area is 114 Å². The molecule has 100 valence electrons. The summed E-state index contributed by atoms with van der Waals surface area (Å²) in [5.41, 5.74) is 2.54. The third-order valence-electron chi connectivity index (χ3n) is 3.51. The minimum Gasteiger partial charge on any atom is -0.396 e. The largest absolute Gasteiger partial charge is 0.396 e. The van der Waals surface area contributed by atoms with Crippen LogP contribution in [0.3, 0.4) is 0 Å². The average molecular weight is 265 g/mol. The standard InChI is InChI=1S/C15H23NOS/c1-12-15(8-4-10-18-12)16-14-7-2-5-13(11-14)6-3-9-17/h2,5,7,11-12,15-17H,3-4,6,8-10H2,1H3. The summed E-state index contributed by atoms with van der Waals surface area (Å²) in [7, 11) is 0. The molecule has 0 radical (unpaired) electrons. The Bertz CT molecular complexity index is 369. The van der Waals surface area contributed by atoms with Crippen molar-refractivity contribution in [2.75, 3.05) is 17.7 Å². The maximum Gasteiger partial charge on any atom is 0.0434 e. The van der Waals surface area contributed by atoms with E-state index in [1.165, 1.54) is 29.8 Å². The number of hydrogen-bond donors (Lipinski definition) is 2. The molecule has 2 N–H and O–H groups in total. The normalized spacial score (nSPS) is 23.9. The first-order valence-corrected chi connectivity index (χ1v) is 7.92. The van der Waals surface area contributed by atoms with Crippen molar-refractivity contribution in [3.63, 3.8) is 0 Å². The highest BCUT2D eigenvalue weighted by Crippen LogP contribution is 2.27. The van der Waals surface area contributed by atoms with Crippen molar-refractivity contribution >= 4 is 17.4 Å². The molecular weight excluding hydrogens is 242 g/mol. The van der Waals surface area contributed by atoms with Crippen molar-refractivity contribution in [1.82, 2.24) is 0 Å². The number of aliphatic hydroxyl groups is 1. The number of nitrogens with one attached hydrogen (secondary N) is 1. The van der Waals surface area contributed by atoms with Crippen LogP contribution in [0.25, 0.3) is 0 Å². The van der Waals surface area contributed by atoms with Gasteiger partial charge in [0.05, 0.1) is 0 Å². The van der Waals surface area contributed by atoms with Crippen LogP contribution in [0.5, 0.6) is 0 Å². The van der Waals surface area contributed by atoms with Crippen LogP contribution in [-0.4, -0.2) is 28.8 Å². The first-order chi connectivity index (χ1) is 8.79. The van der Waals surface area contributed by atoms with Crippen LogP contribution >= 0.6 is 11.8 Å². The number of benzene rings is 1. The number of aliphatic hydroxyl groups excluding tert-OH is 1. The van der Waals surface area contributed by atoms with Crippen molar-refractivity contribution in [1.29, 1.82) is 0 Å². The summed E-state index contributed by atoms with van der Waals surface area (Å²) in [5.74, 6) is 1.30. The van der Waals surface area contributed by atoms with Crippen molar-refractivity contribution in [3.05, 3.63) is 29.8 Å². The van der Waals surface area contributed by atoms with E-state index in [0.29, 0.717) is 11.3 Å². The molecule has 2 rings (SSSR count). The molecule has 0 aromatic heterocycles. The molecule has 3 heteroatoms. The lowest BCUT2D eigenvalue weighted by atomic mass is 10.1. The van der Waals surface area contributed by atoms with E-state index in [4.69, 9.17) is 5.11 Å². The number of anilines is 1. The van der Waals surface area contributed by atoms with Crippen molar-refractivity contribution in [2.45, 2.75) is 43.9 Å². The quantitative estimate of drug-likeness (QED) is 0.856. The minimum atomic E-state index is 0.272. The highest BCUT2D eigenvalue weighted by atomic mass is 32.2. The summed E-state index contributed by atoms with van der Waals surface area (Å²) >= 11 is 2.07. The van der Waals surface area contributed by atoms with E-state index < -0.39 is 0 Å². The predicted octanol–water partition coefficient (Wildman–Crippen LogP) is 3.31. The molecule has 1 heterocycles. The van der Waals surface area contributed by atoms with Gasteiger partial charge in [-0.15, -0.1) is 0 Å². The Kier molecular flexibility index (Phi) is 5.39. The van der Waals surface area contributed by atoms with Crippen molar-refractivity contribution in [3.8, 4) is 0 Å². The third kappa shape index (κ3) is 3.92. The lowest BCUT2D eigenvalue weighted by molar-refractivity contribution is 0.288. The molecular formula is C15H23NOS. The molecule has 1 aliphatic rings. The number of thioether (sulfide) groups is 1. The highest BCUT2D eigenvalue weighted by molar-refractivity contribution is 8.00. The Balaban J connectivity index is 1.95. The Morgan fingerprint density at radius 1 is 1.44 bits per heavy atom. The molecule has 1 saturated heterocycles. The zero-order valence-electron chi connectivity index (χ0n) is 11.1. The van der Waals surface area contributed by atoms with E-state index in [-0.39, 0.29) is 6.61 Å². The van der Waals surface area contributed by atoms with Crippen molar-refractivity contribution < 1.29 is 5.11 Å². The summed E-state index contributed by atoms with van der Waals surface area (Å²) in [6.45, 7) is 2.59. The summed E-state index contributed by atoms with van der Waals surface area (Å²) in [5, 5.41) is 13.2. The molecule has 0 saturated carbocycles. The molecule has 0 spiro atoms. The first kappa shape index (κ1) is 13.8. The zero-order valence-corrected chi connectivity index (χ0v) is 11.9. The smallest absolute Gasteiger partial charge is 0.0434 e. The summed E-state index contributed by atoms with van der Waals surface area (Å²) in [4.78, 5) is 0. The van der Waals surface area contributed by atoms with Gasteiger partial charge in [-0.05, 0) is 49.1 Å². The van der Waals surface area contributed by atoms with E-state index in [2.05, 4.69) is 48.3 Å². The molecule has 18 heavy (non-hydrogen) atoms. The molecule has 1 aromatic carbocycles. The molecule has 2 unspecified atom stereocenters. The van der Waals surface area contributed by atoms with Crippen LogP contribution in [0, 0.1) is 0 Å². The second-order valence-electron chi connectivity index (χ2n) is 5.00. The van der Waals surface area contributed by atoms with Gasteiger partial charge in [-0.1, -0.05) is 19.1 Å². The lowest BCUT2D eigenvalue weighted by Gasteiger charge is -2.30. The maximum absolute atomic E-state index is 8.87. The van der Waals surface area contributed by atoms with Gasteiger partial charge in [0, 0.05) is 23.6 Å². The molecule has 0 bridgehead atoms. The van der Waals surface area contributed by atoms with Crippen molar-refractivity contribution in [2.24, 2.45) is 0 Å². The number of aryl methyl sites for hydroxylation is 1. The summed E-state index contributed by atoms with van der Waals surface area (Å²) in [6.07, 6.45) is 4.39. The van der Waals surface area contributed by atoms with E-state index in [0.717, 1.165) is 12.8 Å². The molecule has 1 fully saturated rings. The fourth-order valence-electron chi connectivity index (χ4n) is 2.43. The topological polar surface area (TPSA) is 32.3 Å². The van der Waals surface area contributed by atoms with E-state index >= 15 is 0 Å². The van der Waals surface area contributed by atoms with Gasteiger partial charge >= 0.3 is 0 Å².